The molecule has 1 fully saturated rings. The molecule has 13 heteroatoms. The number of rotatable bonds is 8. The van der Waals surface area contributed by atoms with E-state index in [1.165, 1.54) is 26.1 Å². The van der Waals surface area contributed by atoms with Crippen molar-refractivity contribution >= 4 is 50.0 Å². The minimum atomic E-state index is -4.07. The lowest BCUT2D eigenvalue weighted by Gasteiger charge is -2.36. The van der Waals surface area contributed by atoms with Crippen molar-refractivity contribution < 1.29 is 32.6 Å². The molecule has 1 aromatic heterocycles. The zero-order valence-corrected chi connectivity index (χ0v) is 24.2. The van der Waals surface area contributed by atoms with Crippen LogP contribution in [0, 0.1) is 16.3 Å². The fraction of sp³-hybridized carbons (Fsp3) is 0.500. The van der Waals surface area contributed by atoms with E-state index in [1.807, 2.05) is 22.6 Å². The fourth-order valence-corrected chi connectivity index (χ4v) is 6.21. The lowest BCUT2D eigenvalue weighted by Crippen LogP contribution is -2.51. The number of amides is 1. The van der Waals surface area contributed by atoms with Gasteiger partial charge >= 0.3 is 6.09 Å². The second-order valence-electron chi connectivity index (χ2n) is 9.98. The maximum atomic E-state index is 14.7. The molecule has 1 aliphatic rings. The van der Waals surface area contributed by atoms with Crippen molar-refractivity contribution in [2.45, 2.75) is 62.3 Å². The number of ether oxygens (including phenoxy) is 1. The Morgan fingerprint density at radius 1 is 1.35 bits per heavy atom. The van der Waals surface area contributed by atoms with Crippen LogP contribution in [0.1, 0.15) is 39.2 Å². The number of benzene rings is 1. The van der Waals surface area contributed by atoms with Crippen molar-refractivity contribution in [3.8, 4) is 5.75 Å². The number of aromatic nitrogens is 1. The van der Waals surface area contributed by atoms with Gasteiger partial charge in [0.1, 0.15) is 10.7 Å². The van der Waals surface area contributed by atoms with Gasteiger partial charge < -0.3 is 25.2 Å². The number of carbonyl (C=O) groups is 1. The summed E-state index contributed by atoms with van der Waals surface area (Å²) >= 11 is 1.93. The van der Waals surface area contributed by atoms with Gasteiger partial charge in [0, 0.05) is 21.7 Å². The number of nitrogens with zero attached hydrogens (tertiary/aromatic N) is 2. The predicted molar refractivity (Wildman–Crippen MR) is 145 cm³/mol. The van der Waals surface area contributed by atoms with Gasteiger partial charge in [-0.05, 0) is 81.3 Å². The number of sulfone groups is 1. The minimum Gasteiger partial charge on any atom is -0.405 e. The van der Waals surface area contributed by atoms with E-state index in [4.69, 9.17) is 4.74 Å². The summed E-state index contributed by atoms with van der Waals surface area (Å²) in [6, 6.07) is 4.28. The first kappa shape index (κ1) is 29.3. The molecule has 1 saturated carbocycles. The maximum absolute atomic E-state index is 14.7. The number of anilines is 2. The number of nitrogens with one attached hydrogen (secondary N) is 1. The molecule has 0 saturated heterocycles. The number of hydrogen-bond donors (Lipinski definition) is 3. The highest BCUT2D eigenvalue weighted by Gasteiger charge is 2.43. The first-order chi connectivity index (χ1) is 17.1. The van der Waals surface area contributed by atoms with E-state index < -0.39 is 61.5 Å². The molecule has 2 aromatic rings. The lowest BCUT2D eigenvalue weighted by molar-refractivity contribution is 0.0323. The Labute approximate surface area is 228 Å². The Balaban J connectivity index is 2.25. The molecule has 1 unspecified atom stereocenters. The topological polar surface area (TPSA) is 138 Å². The standard InChI is InChI=1S/C24H31FIN3O7S/c1-13-20(37(34,35)16-7-8-16)19(36-23(33)29(24(2,3)4)11-15(31)12-30)21(28(5)22(13)32)27-18-9-6-14(26)10-17(18)25/h6,9-10,15-16,27,30-31H,7-8,11-12H2,1-5H3. The van der Waals surface area contributed by atoms with Gasteiger partial charge in [-0.3, -0.25) is 9.36 Å². The van der Waals surface area contributed by atoms with Crippen LogP contribution in [-0.4, -0.2) is 64.2 Å². The second kappa shape index (κ2) is 10.9. The van der Waals surface area contributed by atoms with Crippen molar-refractivity contribution in [1.29, 1.82) is 0 Å². The third-order valence-corrected chi connectivity index (χ3v) is 9.06. The average molecular weight is 651 g/mol. The molecule has 0 radical (unpaired) electrons. The predicted octanol–water partition coefficient (Wildman–Crippen LogP) is 3.07. The number of β-amino-alcohol motifs (C(OH)–C–C–N with tert-alkyl or cyclic N) is 1. The fourth-order valence-electron chi connectivity index (χ4n) is 3.75. The SMILES string of the molecule is Cc1c(S(=O)(=O)C2CC2)c(OC(=O)N(CC(O)CO)C(C)(C)C)c(Nc2ccc(I)cc2F)n(C)c1=O. The number of carbonyl (C=O) groups excluding carboxylic acids is 1. The summed E-state index contributed by atoms with van der Waals surface area (Å²) in [4.78, 5) is 27.2. The van der Waals surface area contributed by atoms with Gasteiger partial charge in [-0.25, -0.2) is 17.6 Å². The lowest BCUT2D eigenvalue weighted by atomic mass is 10.1. The molecule has 3 rings (SSSR count). The van der Waals surface area contributed by atoms with E-state index in [-0.39, 0.29) is 23.6 Å². The third-order valence-electron chi connectivity index (χ3n) is 5.98. The van der Waals surface area contributed by atoms with Crippen LogP contribution in [0.15, 0.2) is 27.9 Å². The van der Waals surface area contributed by atoms with E-state index in [0.717, 1.165) is 9.47 Å². The Bertz CT molecular complexity index is 1370. The van der Waals surface area contributed by atoms with Gasteiger partial charge in [-0.2, -0.15) is 0 Å². The first-order valence-electron chi connectivity index (χ1n) is 11.6. The summed E-state index contributed by atoms with van der Waals surface area (Å²) in [6.45, 7) is 5.44. The summed E-state index contributed by atoms with van der Waals surface area (Å²) in [6.07, 6.45) is -1.50. The summed E-state index contributed by atoms with van der Waals surface area (Å²) in [7, 11) is -2.71. The van der Waals surface area contributed by atoms with Crippen LogP contribution in [0.4, 0.5) is 20.7 Å². The van der Waals surface area contributed by atoms with Crippen LogP contribution >= 0.6 is 22.6 Å². The summed E-state index contributed by atoms with van der Waals surface area (Å²) in [5.74, 6) is -1.33. The van der Waals surface area contributed by atoms with Gasteiger partial charge in [0.25, 0.3) is 5.56 Å². The van der Waals surface area contributed by atoms with E-state index >= 15 is 0 Å². The van der Waals surface area contributed by atoms with Gasteiger partial charge in [0.15, 0.2) is 21.4 Å². The Hall–Kier alpha value is -2.23. The van der Waals surface area contributed by atoms with E-state index in [2.05, 4.69) is 5.32 Å². The molecule has 1 aromatic carbocycles. The molecule has 1 atom stereocenters. The zero-order valence-electron chi connectivity index (χ0n) is 21.2. The van der Waals surface area contributed by atoms with Gasteiger partial charge in [0.05, 0.1) is 30.2 Å². The van der Waals surface area contributed by atoms with E-state index in [0.29, 0.717) is 16.4 Å². The third kappa shape index (κ3) is 6.26. The summed E-state index contributed by atoms with van der Waals surface area (Å²) in [5.41, 5.74) is -1.75. The number of aliphatic hydroxyl groups excluding tert-OH is 2. The van der Waals surface area contributed by atoms with Crippen LogP contribution in [0.2, 0.25) is 0 Å². The molecular weight excluding hydrogens is 620 g/mol. The number of aliphatic hydroxyl groups is 2. The maximum Gasteiger partial charge on any atom is 0.415 e. The van der Waals surface area contributed by atoms with Crippen LogP contribution in [0.3, 0.4) is 0 Å². The quantitative estimate of drug-likeness (QED) is 0.371. The monoisotopic (exact) mass is 651 g/mol. The highest BCUT2D eigenvalue weighted by molar-refractivity contribution is 14.1. The molecule has 204 valence electrons. The van der Waals surface area contributed by atoms with E-state index in [9.17, 15) is 32.6 Å². The van der Waals surface area contributed by atoms with Crippen LogP contribution in [-0.2, 0) is 16.9 Å². The molecule has 0 spiro atoms. The van der Waals surface area contributed by atoms with Crippen molar-refractivity contribution in [3.63, 3.8) is 0 Å². The molecular formula is C24H31FIN3O7S. The number of hydrogen-bond acceptors (Lipinski definition) is 8. The van der Waals surface area contributed by atoms with Crippen molar-refractivity contribution in [1.82, 2.24) is 9.47 Å². The van der Waals surface area contributed by atoms with Gasteiger partial charge in [-0.15, -0.1) is 0 Å². The first-order valence-corrected chi connectivity index (χ1v) is 14.2. The average Bonchev–Trinajstić information content (AvgIpc) is 3.65. The van der Waals surface area contributed by atoms with E-state index in [1.54, 1.807) is 26.8 Å². The zero-order chi connectivity index (χ0) is 27.9. The largest absolute Gasteiger partial charge is 0.415 e. The molecule has 37 heavy (non-hydrogen) atoms. The highest BCUT2D eigenvalue weighted by atomic mass is 127. The van der Waals surface area contributed by atoms with Crippen molar-refractivity contribution in [2.24, 2.45) is 7.05 Å². The number of halogens is 2. The van der Waals surface area contributed by atoms with Crippen molar-refractivity contribution in [3.05, 3.63) is 43.5 Å². The van der Waals surface area contributed by atoms with Crippen LogP contribution in [0.5, 0.6) is 5.75 Å². The molecule has 10 nitrogen and oxygen atoms in total. The molecule has 1 heterocycles. The van der Waals surface area contributed by atoms with Gasteiger partial charge in [-0.1, -0.05) is 0 Å². The summed E-state index contributed by atoms with van der Waals surface area (Å²) < 4.78 is 49.0. The Morgan fingerprint density at radius 3 is 2.49 bits per heavy atom. The molecule has 0 bridgehead atoms. The molecule has 0 aliphatic heterocycles. The summed E-state index contributed by atoms with van der Waals surface area (Å²) in [5, 5.41) is 21.3. The Kier molecular flexibility index (Phi) is 8.61. The molecule has 1 amide bonds. The normalized spacial score (nSPS) is 14.8. The molecule has 3 N–H and O–H groups in total. The Morgan fingerprint density at radius 2 is 1.97 bits per heavy atom. The highest BCUT2D eigenvalue weighted by Crippen LogP contribution is 2.42. The van der Waals surface area contributed by atoms with Crippen LogP contribution in [0.25, 0.3) is 0 Å². The smallest absolute Gasteiger partial charge is 0.405 e. The van der Waals surface area contributed by atoms with Crippen molar-refractivity contribution in [2.75, 3.05) is 18.5 Å². The molecule has 1 aliphatic carbocycles. The number of pyridine rings is 1. The second-order valence-corrected chi connectivity index (χ2v) is 13.4. The van der Waals surface area contributed by atoms with Gasteiger partial charge in [0.2, 0.25) is 0 Å². The minimum absolute atomic E-state index is 0.0604. The van der Waals surface area contributed by atoms with Crippen LogP contribution < -0.4 is 15.6 Å².